The van der Waals surface area contributed by atoms with Crippen molar-refractivity contribution in [3.63, 3.8) is 0 Å². The van der Waals surface area contributed by atoms with Gasteiger partial charge in [0, 0.05) is 50.1 Å². The van der Waals surface area contributed by atoms with Crippen molar-refractivity contribution >= 4 is 28.4 Å². The Bertz CT molecular complexity index is 1540. The Hall–Kier alpha value is -4.24. The fraction of sp³-hybridized carbons (Fsp3) is 0.259. The van der Waals surface area contributed by atoms with Crippen LogP contribution in [0.4, 0.5) is 5.82 Å². The lowest BCUT2D eigenvalue weighted by Gasteiger charge is -2.35. The van der Waals surface area contributed by atoms with E-state index in [1.54, 1.807) is 24.0 Å². The van der Waals surface area contributed by atoms with Gasteiger partial charge >= 0.3 is 0 Å². The van der Waals surface area contributed by atoms with Gasteiger partial charge in [0.15, 0.2) is 5.65 Å². The number of pyridine rings is 1. The van der Waals surface area contributed by atoms with E-state index in [-0.39, 0.29) is 18.1 Å². The van der Waals surface area contributed by atoms with E-state index in [1.165, 1.54) is 5.56 Å². The number of H-pyrrole nitrogens is 1. The molecule has 0 radical (unpaired) electrons. The lowest BCUT2D eigenvalue weighted by atomic mass is 9.89. The van der Waals surface area contributed by atoms with Gasteiger partial charge in [0.1, 0.15) is 17.0 Å². The molecule has 9 heteroatoms. The Morgan fingerprint density at radius 2 is 2.08 bits per heavy atom. The van der Waals surface area contributed by atoms with Gasteiger partial charge < -0.3 is 19.9 Å². The lowest BCUT2D eigenvalue weighted by molar-refractivity contribution is 0.00732. The Morgan fingerprint density at radius 1 is 1.22 bits per heavy atom. The van der Waals surface area contributed by atoms with Crippen LogP contribution in [0.3, 0.4) is 0 Å². The SMILES string of the molecule is CO[C@H]1CC[C@@H]1NC(=O)c1cnn2c(N(C)Cc3ccccc3)cc(-c3c[nH]c4ncccc34)nc12. The van der Waals surface area contributed by atoms with Crippen molar-refractivity contribution < 1.29 is 9.53 Å². The molecule has 6 rings (SSSR count). The number of benzene rings is 1. The van der Waals surface area contributed by atoms with Crippen LogP contribution in [0.5, 0.6) is 0 Å². The normalized spacial score (nSPS) is 17.3. The highest BCUT2D eigenvalue weighted by molar-refractivity contribution is 6.01. The van der Waals surface area contributed by atoms with Gasteiger partial charge in [-0.2, -0.15) is 9.61 Å². The molecule has 0 saturated heterocycles. The molecular weight excluding hydrogens is 454 g/mol. The van der Waals surface area contributed by atoms with Gasteiger partial charge in [-0.3, -0.25) is 4.79 Å². The highest BCUT2D eigenvalue weighted by Crippen LogP contribution is 2.31. The quantitative estimate of drug-likeness (QED) is 0.367. The van der Waals surface area contributed by atoms with E-state index in [0.29, 0.717) is 17.8 Å². The molecular formula is C27H27N7O2. The number of ether oxygens (including phenoxy) is 1. The number of fused-ring (bicyclic) bond motifs is 2. The monoisotopic (exact) mass is 481 g/mol. The highest BCUT2D eigenvalue weighted by atomic mass is 16.5. The van der Waals surface area contributed by atoms with Gasteiger partial charge in [0.05, 0.1) is 24.0 Å². The maximum atomic E-state index is 13.3. The van der Waals surface area contributed by atoms with Crippen molar-refractivity contribution in [1.29, 1.82) is 0 Å². The van der Waals surface area contributed by atoms with Crippen LogP contribution in [0.15, 0.2) is 67.1 Å². The minimum atomic E-state index is -0.196. The average molecular weight is 482 g/mol. The third-order valence-electron chi connectivity index (χ3n) is 6.91. The Labute approximate surface area is 208 Å². The molecule has 1 aromatic carbocycles. The number of amides is 1. The Kier molecular flexibility index (Phi) is 5.61. The van der Waals surface area contributed by atoms with Crippen molar-refractivity contribution in [3.05, 3.63) is 78.2 Å². The van der Waals surface area contributed by atoms with E-state index in [0.717, 1.165) is 41.0 Å². The molecule has 36 heavy (non-hydrogen) atoms. The number of rotatable bonds is 7. The second-order valence-corrected chi connectivity index (χ2v) is 9.17. The van der Waals surface area contributed by atoms with Crippen LogP contribution in [0.1, 0.15) is 28.8 Å². The molecule has 4 aromatic heterocycles. The Morgan fingerprint density at radius 3 is 2.86 bits per heavy atom. The van der Waals surface area contributed by atoms with Crippen molar-refractivity contribution in [1.82, 2.24) is 29.9 Å². The topological polar surface area (TPSA) is 100 Å². The summed E-state index contributed by atoms with van der Waals surface area (Å²) in [4.78, 5) is 28.0. The molecule has 1 fully saturated rings. The van der Waals surface area contributed by atoms with Gasteiger partial charge in [-0.15, -0.1) is 0 Å². The Balaban J connectivity index is 1.45. The summed E-state index contributed by atoms with van der Waals surface area (Å²) in [5, 5.41) is 8.64. The summed E-state index contributed by atoms with van der Waals surface area (Å²) in [6.45, 7) is 0.674. The second kappa shape index (κ2) is 9.09. The fourth-order valence-corrected chi connectivity index (χ4v) is 4.79. The summed E-state index contributed by atoms with van der Waals surface area (Å²) >= 11 is 0. The van der Waals surface area contributed by atoms with E-state index < -0.39 is 0 Å². The van der Waals surface area contributed by atoms with E-state index in [9.17, 15) is 4.79 Å². The van der Waals surface area contributed by atoms with Crippen LogP contribution in [-0.2, 0) is 11.3 Å². The summed E-state index contributed by atoms with van der Waals surface area (Å²) in [6.07, 6.45) is 7.15. The molecule has 0 unspecified atom stereocenters. The molecule has 1 aliphatic rings. The summed E-state index contributed by atoms with van der Waals surface area (Å²) in [6, 6.07) is 16.2. The summed E-state index contributed by atoms with van der Waals surface area (Å²) in [7, 11) is 3.69. The number of hydrogen-bond acceptors (Lipinski definition) is 6. The van der Waals surface area contributed by atoms with E-state index >= 15 is 0 Å². The molecule has 0 aliphatic heterocycles. The second-order valence-electron chi connectivity index (χ2n) is 9.17. The fourth-order valence-electron chi connectivity index (χ4n) is 4.79. The van der Waals surface area contributed by atoms with Crippen LogP contribution in [-0.4, -0.2) is 56.8 Å². The number of carbonyl (C=O) groups excluding carboxylic acids is 1. The zero-order valence-corrected chi connectivity index (χ0v) is 20.2. The summed E-state index contributed by atoms with van der Waals surface area (Å²) in [5.41, 5.74) is 4.56. The van der Waals surface area contributed by atoms with Crippen LogP contribution in [0, 0.1) is 0 Å². The number of hydrogen-bond donors (Lipinski definition) is 2. The lowest BCUT2D eigenvalue weighted by Crippen LogP contribution is -2.51. The minimum absolute atomic E-state index is 0.000508. The maximum absolute atomic E-state index is 13.3. The number of aromatic nitrogens is 5. The molecule has 0 spiro atoms. The van der Waals surface area contributed by atoms with E-state index in [1.807, 2.05) is 49.6 Å². The molecule has 4 heterocycles. The van der Waals surface area contributed by atoms with Crippen molar-refractivity contribution in [2.24, 2.45) is 0 Å². The number of aromatic amines is 1. The van der Waals surface area contributed by atoms with Crippen molar-refractivity contribution in [3.8, 4) is 11.3 Å². The number of carbonyl (C=O) groups is 1. The van der Waals surface area contributed by atoms with Gasteiger partial charge in [0.2, 0.25) is 0 Å². The third kappa shape index (κ3) is 3.87. The summed E-state index contributed by atoms with van der Waals surface area (Å²) < 4.78 is 7.19. The van der Waals surface area contributed by atoms with Crippen LogP contribution < -0.4 is 10.2 Å². The van der Waals surface area contributed by atoms with E-state index in [2.05, 4.69) is 37.4 Å². The first-order chi connectivity index (χ1) is 17.6. The maximum Gasteiger partial charge on any atom is 0.257 e. The summed E-state index contributed by atoms with van der Waals surface area (Å²) in [5.74, 6) is 0.633. The molecule has 2 atom stereocenters. The van der Waals surface area contributed by atoms with Crippen molar-refractivity contribution in [2.45, 2.75) is 31.5 Å². The molecule has 9 nitrogen and oxygen atoms in total. The predicted octanol–water partition coefficient (Wildman–Crippen LogP) is 3.82. The molecule has 0 bridgehead atoms. The minimum Gasteiger partial charge on any atom is -0.379 e. The number of methoxy groups -OCH3 is 1. The first-order valence-corrected chi connectivity index (χ1v) is 12.0. The van der Waals surface area contributed by atoms with Crippen LogP contribution in [0.2, 0.25) is 0 Å². The largest absolute Gasteiger partial charge is 0.379 e. The zero-order valence-electron chi connectivity index (χ0n) is 20.2. The highest BCUT2D eigenvalue weighted by Gasteiger charge is 2.33. The van der Waals surface area contributed by atoms with Crippen LogP contribution in [0.25, 0.3) is 27.9 Å². The van der Waals surface area contributed by atoms with Gasteiger partial charge in [-0.25, -0.2) is 9.97 Å². The molecule has 1 saturated carbocycles. The number of anilines is 1. The first-order valence-electron chi connectivity index (χ1n) is 12.0. The number of nitrogens with one attached hydrogen (secondary N) is 2. The van der Waals surface area contributed by atoms with Gasteiger partial charge in [0.25, 0.3) is 5.91 Å². The van der Waals surface area contributed by atoms with E-state index in [4.69, 9.17) is 9.72 Å². The molecule has 1 aliphatic carbocycles. The molecule has 1 amide bonds. The molecule has 5 aromatic rings. The first kappa shape index (κ1) is 22.2. The zero-order chi connectivity index (χ0) is 24.6. The van der Waals surface area contributed by atoms with Gasteiger partial charge in [-0.05, 0) is 30.5 Å². The average Bonchev–Trinajstić information content (AvgIpc) is 3.51. The third-order valence-corrected chi connectivity index (χ3v) is 6.91. The standard InChI is InChI=1S/C27H27N7O2/c1-33(16-17-7-4-3-5-8-17)24-13-22(19-14-29-25-18(19)9-6-12-28-25)31-26-20(15-30-34(24)26)27(35)32-21-10-11-23(21)36-2/h3-9,12-15,21,23H,10-11,16H2,1-2H3,(H,28,29)(H,32,35)/t21-,23-/m0/s1. The predicted molar refractivity (Wildman–Crippen MR) is 138 cm³/mol. The smallest absolute Gasteiger partial charge is 0.257 e. The van der Waals surface area contributed by atoms with Crippen LogP contribution >= 0.6 is 0 Å². The molecule has 2 N–H and O–H groups in total. The molecule has 182 valence electrons. The van der Waals surface area contributed by atoms with Crippen molar-refractivity contribution in [2.75, 3.05) is 19.1 Å². The van der Waals surface area contributed by atoms with Gasteiger partial charge in [-0.1, -0.05) is 30.3 Å². The number of nitrogens with zero attached hydrogens (tertiary/aromatic N) is 5.